The van der Waals surface area contributed by atoms with Gasteiger partial charge in [0.05, 0.1) is 5.02 Å². The molecule has 104 valence electrons. The van der Waals surface area contributed by atoms with Crippen molar-refractivity contribution in [2.24, 2.45) is 0 Å². The summed E-state index contributed by atoms with van der Waals surface area (Å²) >= 11 is 5.83. The predicted octanol–water partition coefficient (Wildman–Crippen LogP) is 3.81. The number of carbonyl (C=O) groups is 1. The zero-order valence-corrected chi connectivity index (χ0v) is 11.7. The molecule has 0 fully saturated rings. The summed E-state index contributed by atoms with van der Waals surface area (Å²) in [5.74, 6) is -0.454. The Morgan fingerprint density at radius 3 is 2.55 bits per heavy atom. The van der Waals surface area contributed by atoms with Crippen molar-refractivity contribution in [2.45, 2.75) is 19.3 Å². The second-order valence-electron chi connectivity index (χ2n) is 4.67. The molecule has 2 rings (SSSR count). The summed E-state index contributed by atoms with van der Waals surface area (Å²) in [6.07, 6.45) is 1.20. The molecule has 0 amide bonds. The molecule has 0 bridgehead atoms. The predicted molar refractivity (Wildman–Crippen MR) is 79.3 cm³/mol. The Kier molecular flexibility index (Phi) is 4.74. The molecule has 4 heteroatoms. The van der Waals surface area contributed by atoms with Crippen molar-refractivity contribution in [3.63, 3.8) is 0 Å². The first kappa shape index (κ1) is 14.5. The van der Waals surface area contributed by atoms with Gasteiger partial charge in [-0.2, -0.15) is 0 Å². The fourth-order valence-corrected chi connectivity index (χ4v) is 2.15. The summed E-state index contributed by atoms with van der Waals surface area (Å²) < 4.78 is 13.3. The summed E-state index contributed by atoms with van der Waals surface area (Å²) in [6.45, 7) is 0. The minimum atomic E-state index is -0.490. The third kappa shape index (κ3) is 3.81. The molecule has 2 aromatic rings. The highest BCUT2D eigenvalue weighted by Crippen LogP contribution is 2.20. The molecule has 0 aromatic heterocycles. The minimum Gasteiger partial charge on any atom is -0.399 e. The van der Waals surface area contributed by atoms with Gasteiger partial charge in [0.1, 0.15) is 11.6 Å². The summed E-state index contributed by atoms with van der Waals surface area (Å²) in [6, 6.07) is 11.9. The van der Waals surface area contributed by atoms with E-state index in [2.05, 4.69) is 0 Å². The van der Waals surface area contributed by atoms with Crippen LogP contribution in [0, 0.1) is 5.82 Å². The fourth-order valence-electron chi connectivity index (χ4n) is 1.95. The van der Waals surface area contributed by atoms with Crippen LogP contribution in [0.15, 0.2) is 42.5 Å². The van der Waals surface area contributed by atoms with Gasteiger partial charge in [-0.15, -0.1) is 0 Å². The van der Waals surface area contributed by atoms with Crippen LogP contribution in [0.5, 0.6) is 0 Å². The lowest BCUT2D eigenvalue weighted by Crippen LogP contribution is -2.05. The van der Waals surface area contributed by atoms with Crippen molar-refractivity contribution in [3.05, 3.63) is 64.4 Å². The smallest absolute Gasteiger partial charge is 0.142 e. The largest absolute Gasteiger partial charge is 0.399 e. The minimum absolute atomic E-state index is 0.0355. The highest BCUT2D eigenvalue weighted by Gasteiger charge is 2.10. The number of nitrogens with two attached hydrogens (primary N) is 1. The molecule has 2 nitrogen and oxygen atoms in total. The number of Topliss-reactive ketones (excluding diaryl/α,β-unsaturated/α-hetero) is 1. The first-order chi connectivity index (χ1) is 9.56. The van der Waals surface area contributed by atoms with Crippen LogP contribution in [-0.2, 0) is 17.6 Å². The van der Waals surface area contributed by atoms with E-state index >= 15 is 0 Å². The standard InChI is InChI=1S/C16H15ClFNO/c17-16-12(2-1-3-15(16)18)10-14(20)9-6-11-4-7-13(19)8-5-11/h1-5,7-8H,6,9-10,19H2. The van der Waals surface area contributed by atoms with Gasteiger partial charge in [-0.25, -0.2) is 4.39 Å². The van der Waals surface area contributed by atoms with Crippen molar-refractivity contribution in [3.8, 4) is 0 Å². The lowest BCUT2D eigenvalue weighted by Gasteiger charge is -2.05. The van der Waals surface area contributed by atoms with Gasteiger partial charge < -0.3 is 5.73 Å². The van der Waals surface area contributed by atoms with Gasteiger partial charge in [0.2, 0.25) is 0 Å². The number of carbonyl (C=O) groups excluding carboxylic acids is 1. The van der Waals surface area contributed by atoms with Crippen LogP contribution in [0.4, 0.5) is 10.1 Å². The van der Waals surface area contributed by atoms with Crippen LogP contribution in [0.1, 0.15) is 17.5 Å². The molecular weight excluding hydrogens is 277 g/mol. The number of hydrogen-bond donors (Lipinski definition) is 1. The van der Waals surface area contributed by atoms with E-state index in [9.17, 15) is 9.18 Å². The van der Waals surface area contributed by atoms with E-state index in [1.54, 1.807) is 12.1 Å². The fraction of sp³-hybridized carbons (Fsp3) is 0.188. The quantitative estimate of drug-likeness (QED) is 0.851. The normalized spacial score (nSPS) is 10.5. The molecule has 20 heavy (non-hydrogen) atoms. The van der Waals surface area contributed by atoms with Crippen molar-refractivity contribution < 1.29 is 9.18 Å². The van der Waals surface area contributed by atoms with Crippen molar-refractivity contribution in [1.29, 1.82) is 0 Å². The maximum absolute atomic E-state index is 13.3. The number of halogens is 2. The molecule has 2 aromatic carbocycles. The summed E-state index contributed by atoms with van der Waals surface area (Å²) in [5, 5.41) is 0.0355. The Balaban J connectivity index is 1.92. The molecule has 0 aliphatic rings. The van der Waals surface area contributed by atoms with Gasteiger partial charge in [-0.05, 0) is 35.7 Å². The van der Waals surface area contributed by atoms with Crippen molar-refractivity contribution in [2.75, 3.05) is 5.73 Å². The lowest BCUT2D eigenvalue weighted by atomic mass is 10.0. The Hall–Kier alpha value is -1.87. The van der Waals surface area contributed by atoms with E-state index in [0.717, 1.165) is 5.56 Å². The Bertz CT molecular complexity index is 610. The number of ketones is 1. The Morgan fingerprint density at radius 1 is 1.15 bits per heavy atom. The second kappa shape index (κ2) is 6.53. The molecule has 0 aliphatic carbocycles. The number of rotatable bonds is 5. The van der Waals surface area contributed by atoms with E-state index in [1.165, 1.54) is 6.07 Å². The maximum Gasteiger partial charge on any atom is 0.142 e. The number of nitrogen functional groups attached to an aromatic ring is 1. The average Bonchev–Trinajstić information content (AvgIpc) is 2.43. The van der Waals surface area contributed by atoms with Gasteiger partial charge in [-0.1, -0.05) is 35.9 Å². The van der Waals surface area contributed by atoms with Gasteiger partial charge in [-0.3, -0.25) is 4.79 Å². The molecule has 2 N–H and O–H groups in total. The molecular formula is C16H15ClFNO. The van der Waals surface area contributed by atoms with Gasteiger partial charge in [0, 0.05) is 18.5 Å². The summed E-state index contributed by atoms with van der Waals surface area (Å²) in [7, 11) is 0. The van der Waals surface area contributed by atoms with Crippen molar-refractivity contribution in [1.82, 2.24) is 0 Å². The Morgan fingerprint density at radius 2 is 1.85 bits per heavy atom. The van der Waals surface area contributed by atoms with Gasteiger partial charge in [0.15, 0.2) is 0 Å². The van der Waals surface area contributed by atoms with Crippen molar-refractivity contribution >= 4 is 23.1 Å². The Labute approximate surface area is 122 Å². The number of benzene rings is 2. The number of anilines is 1. The topological polar surface area (TPSA) is 43.1 Å². The van der Waals surface area contributed by atoms with Gasteiger partial charge >= 0.3 is 0 Å². The monoisotopic (exact) mass is 291 g/mol. The first-order valence-electron chi connectivity index (χ1n) is 6.35. The zero-order chi connectivity index (χ0) is 14.5. The van der Waals surface area contributed by atoms with Crippen LogP contribution < -0.4 is 5.73 Å². The van der Waals surface area contributed by atoms with E-state index < -0.39 is 5.82 Å². The highest BCUT2D eigenvalue weighted by molar-refractivity contribution is 6.31. The summed E-state index contributed by atoms with van der Waals surface area (Å²) in [4.78, 5) is 11.9. The highest BCUT2D eigenvalue weighted by atomic mass is 35.5. The molecule has 0 saturated heterocycles. The molecule has 0 radical (unpaired) electrons. The van der Waals surface area contributed by atoms with E-state index in [1.807, 2.05) is 24.3 Å². The third-order valence-electron chi connectivity index (χ3n) is 3.09. The number of aryl methyl sites for hydroxylation is 1. The maximum atomic E-state index is 13.3. The van der Waals surface area contributed by atoms with Crippen LogP contribution in [0.25, 0.3) is 0 Å². The van der Waals surface area contributed by atoms with Crippen LogP contribution in [-0.4, -0.2) is 5.78 Å². The van der Waals surface area contributed by atoms with Crippen LogP contribution in [0.3, 0.4) is 0 Å². The summed E-state index contributed by atoms with van der Waals surface area (Å²) in [5.41, 5.74) is 7.89. The third-order valence-corrected chi connectivity index (χ3v) is 3.51. The SMILES string of the molecule is Nc1ccc(CCC(=O)Cc2cccc(F)c2Cl)cc1. The second-order valence-corrected chi connectivity index (χ2v) is 5.05. The molecule has 0 spiro atoms. The average molecular weight is 292 g/mol. The van der Waals surface area contributed by atoms with E-state index in [4.69, 9.17) is 17.3 Å². The van der Waals surface area contributed by atoms with Crippen LogP contribution in [0.2, 0.25) is 5.02 Å². The lowest BCUT2D eigenvalue weighted by molar-refractivity contribution is -0.118. The zero-order valence-electron chi connectivity index (χ0n) is 10.9. The van der Waals surface area contributed by atoms with E-state index in [-0.39, 0.29) is 17.2 Å². The first-order valence-corrected chi connectivity index (χ1v) is 6.73. The van der Waals surface area contributed by atoms with Crippen LogP contribution >= 0.6 is 11.6 Å². The molecule has 0 saturated carbocycles. The molecule has 0 heterocycles. The van der Waals surface area contributed by atoms with E-state index in [0.29, 0.717) is 24.1 Å². The number of hydrogen-bond acceptors (Lipinski definition) is 2. The van der Waals surface area contributed by atoms with Gasteiger partial charge in [0.25, 0.3) is 0 Å². The molecule has 0 unspecified atom stereocenters. The molecule has 0 aliphatic heterocycles. The molecule has 0 atom stereocenters.